The molecule has 2 aliphatic rings. The minimum atomic E-state index is -1.47. The Kier molecular flexibility index (Phi) is 3.43. The summed E-state index contributed by atoms with van der Waals surface area (Å²) in [7, 11) is -1.47. The van der Waals surface area contributed by atoms with Crippen molar-refractivity contribution in [2.24, 2.45) is 11.3 Å². The van der Waals surface area contributed by atoms with Crippen LogP contribution in [0.2, 0.25) is 0 Å². The van der Waals surface area contributed by atoms with Crippen LogP contribution in [-0.2, 0) is 15.5 Å². The van der Waals surface area contributed by atoms with Crippen LogP contribution < -0.4 is 0 Å². The molecule has 0 aromatic heterocycles. The van der Waals surface area contributed by atoms with E-state index in [-0.39, 0.29) is 11.7 Å². The number of aliphatic hydroxyl groups is 3. The van der Waals surface area contributed by atoms with Gasteiger partial charge in [0, 0.05) is 0 Å². The molecule has 19 heavy (non-hydrogen) atoms. The van der Waals surface area contributed by atoms with Crippen LogP contribution in [0.5, 0.6) is 0 Å². The number of hydrogen-bond donors (Lipinski definition) is 3. The smallest absolute Gasteiger partial charge is 0.174 e. The van der Waals surface area contributed by atoms with E-state index in [1.54, 1.807) is 0 Å². The van der Waals surface area contributed by atoms with E-state index in [2.05, 4.69) is 0 Å². The maximum atomic E-state index is 12.6. The quantitative estimate of drug-likeness (QED) is 0.633. The summed E-state index contributed by atoms with van der Waals surface area (Å²) in [6.07, 6.45) is -3.94. The molecule has 0 radical (unpaired) electrons. The van der Waals surface area contributed by atoms with Gasteiger partial charge in [-0.15, -0.1) is 0 Å². The topological polar surface area (TPSA) is 87.0 Å². The zero-order valence-corrected chi connectivity index (χ0v) is 12.9. The molecule has 0 aromatic rings. The largest absolute Gasteiger partial charge is 0.387 e. The van der Waals surface area contributed by atoms with Crippen molar-refractivity contribution in [1.29, 1.82) is 0 Å². The van der Waals surface area contributed by atoms with E-state index in [1.807, 2.05) is 34.6 Å². The average molecular weight is 292 g/mol. The molecule has 3 N–H and O–H groups in total. The SMILES string of the molecule is CC(C)[C@@]12O[C@@](C(C)(C)C)(CS1=O)[C@@H](O)[C@H](O)[C@H]2O. The molecule has 2 aliphatic heterocycles. The zero-order valence-electron chi connectivity index (χ0n) is 12.1. The second kappa shape index (κ2) is 4.24. The molecule has 0 aliphatic carbocycles. The molecule has 2 bridgehead atoms. The molecule has 2 rings (SSSR count). The van der Waals surface area contributed by atoms with Gasteiger partial charge in [-0.05, 0) is 11.3 Å². The number of ether oxygens (including phenoxy) is 1. The maximum Gasteiger partial charge on any atom is 0.174 e. The Morgan fingerprint density at radius 1 is 1.21 bits per heavy atom. The van der Waals surface area contributed by atoms with E-state index < -0.39 is 45.1 Å². The first-order chi connectivity index (χ1) is 8.50. The highest BCUT2D eigenvalue weighted by Gasteiger charge is 2.72. The van der Waals surface area contributed by atoms with Gasteiger partial charge in [0.2, 0.25) is 0 Å². The van der Waals surface area contributed by atoms with E-state index in [9.17, 15) is 19.5 Å². The summed E-state index contributed by atoms with van der Waals surface area (Å²) in [5.74, 6) is -0.0982. The first-order valence-electron chi connectivity index (χ1n) is 6.63. The minimum absolute atomic E-state index is 0.129. The molecular formula is C13H24O5S. The highest BCUT2D eigenvalue weighted by molar-refractivity contribution is 7.86. The minimum Gasteiger partial charge on any atom is -0.387 e. The number of fused-ring (bicyclic) bond motifs is 2. The normalized spacial score (nSPS) is 50.8. The summed E-state index contributed by atoms with van der Waals surface area (Å²) in [5, 5.41) is 30.8. The fraction of sp³-hybridized carbons (Fsp3) is 1.00. The Bertz CT molecular complexity index is 404. The highest BCUT2D eigenvalue weighted by Crippen LogP contribution is 2.55. The van der Waals surface area contributed by atoms with Gasteiger partial charge in [-0.3, -0.25) is 4.21 Å². The van der Waals surface area contributed by atoms with Gasteiger partial charge in [0.15, 0.2) is 4.93 Å². The molecule has 0 aromatic carbocycles. The fourth-order valence-corrected chi connectivity index (χ4v) is 5.68. The Morgan fingerprint density at radius 2 is 1.74 bits per heavy atom. The highest BCUT2D eigenvalue weighted by atomic mass is 32.2. The Hall–Kier alpha value is -0.0100. The van der Waals surface area contributed by atoms with Crippen molar-refractivity contribution in [2.75, 3.05) is 5.75 Å². The van der Waals surface area contributed by atoms with Gasteiger partial charge in [0.1, 0.15) is 23.9 Å². The Balaban J connectivity index is 2.60. The zero-order chi connectivity index (χ0) is 14.8. The maximum absolute atomic E-state index is 12.6. The third-order valence-corrected chi connectivity index (χ3v) is 6.85. The van der Waals surface area contributed by atoms with E-state index in [0.29, 0.717) is 0 Å². The lowest BCUT2D eigenvalue weighted by Gasteiger charge is -2.53. The lowest BCUT2D eigenvalue weighted by atomic mass is 9.69. The molecule has 2 saturated heterocycles. The van der Waals surface area contributed by atoms with Gasteiger partial charge < -0.3 is 20.1 Å². The van der Waals surface area contributed by atoms with Gasteiger partial charge in [0.05, 0.1) is 16.6 Å². The molecule has 0 saturated carbocycles. The van der Waals surface area contributed by atoms with E-state index in [4.69, 9.17) is 4.74 Å². The number of aliphatic hydroxyl groups excluding tert-OH is 3. The van der Waals surface area contributed by atoms with Crippen molar-refractivity contribution in [3.63, 3.8) is 0 Å². The second-order valence-electron chi connectivity index (χ2n) is 6.99. The second-order valence-corrected chi connectivity index (χ2v) is 8.61. The van der Waals surface area contributed by atoms with E-state index in [0.717, 1.165) is 0 Å². The van der Waals surface area contributed by atoms with Crippen LogP contribution in [0.3, 0.4) is 0 Å². The standard InChI is InChI=1S/C13H24O5S/c1-7(2)13-10(16)8(14)9(15)12(18-13,6-19(13)17)11(3,4)5/h7-10,14-16H,6H2,1-5H3/t8-,9-,10+,12-,13+,19?/m0/s1. The van der Waals surface area contributed by atoms with Gasteiger partial charge in [-0.1, -0.05) is 34.6 Å². The molecule has 0 spiro atoms. The predicted molar refractivity (Wildman–Crippen MR) is 71.9 cm³/mol. The first-order valence-corrected chi connectivity index (χ1v) is 7.95. The van der Waals surface area contributed by atoms with Crippen LogP contribution >= 0.6 is 0 Å². The lowest BCUT2D eigenvalue weighted by molar-refractivity contribution is -0.299. The molecule has 5 nitrogen and oxygen atoms in total. The monoisotopic (exact) mass is 292 g/mol. The molecule has 6 heteroatoms. The third-order valence-electron chi connectivity index (χ3n) is 4.65. The average Bonchev–Trinajstić information content (AvgIpc) is 2.58. The van der Waals surface area contributed by atoms with E-state index >= 15 is 0 Å². The fourth-order valence-electron chi connectivity index (χ4n) is 3.23. The van der Waals surface area contributed by atoms with Gasteiger partial charge in [0.25, 0.3) is 0 Å². The molecule has 2 heterocycles. The van der Waals surface area contributed by atoms with Crippen LogP contribution in [0.25, 0.3) is 0 Å². The van der Waals surface area contributed by atoms with Crippen molar-refractivity contribution >= 4 is 10.8 Å². The van der Waals surface area contributed by atoms with E-state index in [1.165, 1.54) is 0 Å². The Labute approximate surface area is 116 Å². The first kappa shape index (κ1) is 15.4. The van der Waals surface area contributed by atoms with Gasteiger partial charge >= 0.3 is 0 Å². The lowest BCUT2D eigenvalue weighted by Crippen LogP contribution is -2.70. The van der Waals surface area contributed by atoms with Crippen molar-refractivity contribution in [1.82, 2.24) is 0 Å². The summed E-state index contributed by atoms with van der Waals surface area (Å²) < 4.78 is 18.6. The molecule has 1 unspecified atom stereocenters. The summed E-state index contributed by atoms with van der Waals surface area (Å²) in [5.41, 5.74) is -1.60. The van der Waals surface area contributed by atoms with Gasteiger partial charge in [-0.25, -0.2) is 0 Å². The van der Waals surface area contributed by atoms with Crippen LogP contribution in [0.1, 0.15) is 34.6 Å². The summed E-state index contributed by atoms with van der Waals surface area (Å²) in [4.78, 5) is -1.30. The third kappa shape index (κ3) is 1.70. The molecular weight excluding hydrogens is 268 g/mol. The number of rotatable bonds is 1. The van der Waals surface area contributed by atoms with Gasteiger partial charge in [-0.2, -0.15) is 0 Å². The van der Waals surface area contributed by atoms with Crippen molar-refractivity contribution < 1.29 is 24.3 Å². The van der Waals surface area contributed by atoms with Crippen LogP contribution in [0.15, 0.2) is 0 Å². The summed E-state index contributed by atoms with van der Waals surface area (Å²) >= 11 is 0. The van der Waals surface area contributed by atoms with Crippen LogP contribution in [0.4, 0.5) is 0 Å². The Morgan fingerprint density at radius 3 is 2.16 bits per heavy atom. The molecule has 2 fully saturated rings. The summed E-state index contributed by atoms with van der Waals surface area (Å²) in [6, 6.07) is 0. The van der Waals surface area contributed by atoms with Crippen molar-refractivity contribution in [3.05, 3.63) is 0 Å². The van der Waals surface area contributed by atoms with Crippen molar-refractivity contribution in [3.8, 4) is 0 Å². The predicted octanol–water partition coefficient (Wildman–Crippen LogP) is -0.00120. The molecule has 112 valence electrons. The van der Waals surface area contributed by atoms with Crippen LogP contribution in [-0.4, -0.2) is 54.1 Å². The van der Waals surface area contributed by atoms with Crippen LogP contribution in [0, 0.1) is 11.3 Å². The molecule has 0 amide bonds. The number of hydrogen-bond acceptors (Lipinski definition) is 5. The molecule has 6 atom stereocenters. The van der Waals surface area contributed by atoms with Crippen molar-refractivity contribution in [2.45, 2.75) is 63.5 Å². The summed E-state index contributed by atoms with van der Waals surface area (Å²) in [6.45, 7) is 9.27.